The quantitative estimate of drug-likeness (QED) is 0.823. The van der Waals surface area contributed by atoms with Crippen molar-refractivity contribution in [3.05, 3.63) is 48.0 Å². The van der Waals surface area contributed by atoms with Gasteiger partial charge in [0.2, 0.25) is 0 Å². The molecule has 0 saturated heterocycles. The Bertz CT molecular complexity index is 552. The third kappa shape index (κ3) is 2.42. The summed E-state index contributed by atoms with van der Waals surface area (Å²) in [5.41, 5.74) is 7.06. The van der Waals surface area contributed by atoms with E-state index in [1.165, 1.54) is 0 Å². The van der Waals surface area contributed by atoms with Crippen LogP contribution in [0.5, 0.6) is 0 Å². The van der Waals surface area contributed by atoms with Crippen LogP contribution in [0.3, 0.4) is 0 Å². The maximum absolute atomic E-state index is 11.3. The number of para-hydroxylation sites is 1. The number of nitrogens with two attached hydrogens (primary N) is 1. The number of benzene rings is 1. The first-order valence-corrected chi connectivity index (χ1v) is 5.33. The van der Waals surface area contributed by atoms with Gasteiger partial charge in [0.25, 0.3) is 5.91 Å². The molecule has 1 aromatic heterocycles. The van der Waals surface area contributed by atoms with Crippen molar-refractivity contribution in [1.29, 1.82) is 0 Å². The summed E-state index contributed by atoms with van der Waals surface area (Å²) in [6.07, 6.45) is 2.14. The molecule has 0 aliphatic rings. The van der Waals surface area contributed by atoms with Crippen molar-refractivity contribution in [2.24, 2.45) is 5.73 Å². The number of hydrogen-bond donors (Lipinski definition) is 2. The molecular formula is C13H13N2O2. The number of hydrogen-bond acceptors (Lipinski definition) is 3. The van der Waals surface area contributed by atoms with E-state index in [0.29, 0.717) is 6.42 Å². The molecule has 3 N–H and O–H groups in total. The van der Waals surface area contributed by atoms with Gasteiger partial charge in [-0.3, -0.25) is 4.79 Å². The normalized spacial score (nSPS) is 10.6. The van der Waals surface area contributed by atoms with Crippen molar-refractivity contribution < 1.29 is 9.90 Å². The van der Waals surface area contributed by atoms with Gasteiger partial charge in [-0.05, 0) is 30.5 Å². The highest BCUT2D eigenvalue weighted by atomic mass is 16.2. The number of aromatic nitrogens is 1. The number of rotatable bonds is 4. The molecule has 0 saturated carbocycles. The van der Waals surface area contributed by atoms with Crippen molar-refractivity contribution >= 4 is 16.8 Å². The zero-order chi connectivity index (χ0) is 12.3. The van der Waals surface area contributed by atoms with Crippen LogP contribution in [0, 0.1) is 6.42 Å². The van der Waals surface area contributed by atoms with E-state index < -0.39 is 5.91 Å². The van der Waals surface area contributed by atoms with E-state index in [0.717, 1.165) is 16.5 Å². The summed E-state index contributed by atoms with van der Waals surface area (Å²) in [5.74, 6) is -0.544. The Hall–Kier alpha value is -1.94. The molecule has 87 valence electrons. The van der Waals surface area contributed by atoms with Gasteiger partial charge in [-0.1, -0.05) is 18.2 Å². The zero-order valence-electron chi connectivity index (χ0n) is 9.26. The van der Waals surface area contributed by atoms with Crippen molar-refractivity contribution in [1.82, 2.24) is 4.98 Å². The van der Waals surface area contributed by atoms with E-state index in [9.17, 15) is 4.79 Å². The van der Waals surface area contributed by atoms with E-state index in [1.807, 2.05) is 30.3 Å². The molecular weight excluding hydrogens is 216 g/mol. The number of fused-ring (bicyclic) bond motifs is 1. The second-order valence-corrected chi connectivity index (χ2v) is 3.73. The number of aliphatic hydroxyl groups is 1. The highest BCUT2D eigenvalue weighted by Crippen LogP contribution is 2.17. The summed E-state index contributed by atoms with van der Waals surface area (Å²) in [7, 11) is 0. The van der Waals surface area contributed by atoms with Crippen molar-refractivity contribution in [2.75, 3.05) is 6.61 Å². The molecule has 1 aromatic carbocycles. The molecule has 2 aromatic rings. The molecule has 0 fully saturated rings. The van der Waals surface area contributed by atoms with Gasteiger partial charge in [0.1, 0.15) is 5.69 Å². The molecule has 1 heterocycles. The van der Waals surface area contributed by atoms with Gasteiger partial charge in [0.15, 0.2) is 0 Å². The number of carbonyl (C=O) groups excluding carboxylic acids is 1. The lowest BCUT2D eigenvalue weighted by molar-refractivity contribution is 0.0995. The summed E-state index contributed by atoms with van der Waals surface area (Å²) in [6.45, 7) is -0.0367. The van der Waals surface area contributed by atoms with Crippen LogP contribution >= 0.6 is 0 Å². The first-order valence-electron chi connectivity index (χ1n) is 5.33. The van der Waals surface area contributed by atoms with E-state index in [2.05, 4.69) is 4.98 Å². The Morgan fingerprint density at radius 3 is 2.88 bits per heavy atom. The minimum atomic E-state index is -0.544. The summed E-state index contributed by atoms with van der Waals surface area (Å²) >= 11 is 0. The van der Waals surface area contributed by atoms with Gasteiger partial charge in [-0.25, -0.2) is 4.98 Å². The lowest BCUT2D eigenvalue weighted by atomic mass is 10.0. The van der Waals surface area contributed by atoms with E-state index in [-0.39, 0.29) is 12.3 Å². The average Bonchev–Trinajstić information content (AvgIpc) is 2.35. The van der Waals surface area contributed by atoms with Crippen molar-refractivity contribution in [3.63, 3.8) is 0 Å². The molecule has 17 heavy (non-hydrogen) atoms. The summed E-state index contributed by atoms with van der Waals surface area (Å²) in [5, 5.41) is 9.74. The van der Waals surface area contributed by atoms with Crippen LogP contribution in [-0.4, -0.2) is 22.6 Å². The molecule has 0 unspecified atom stereocenters. The van der Waals surface area contributed by atoms with Crippen LogP contribution in [0.2, 0.25) is 0 Å². The van der Waals surface area contributed by atoms with E-state index >= 15 is 0 Å². The Morgan fingerprint density at radius 2 is 2.18 bits per heavy atom. The average molecular weight is 229 g/mol. The molecule has 1 radical (unpaired) electrons. The van der Waals surface area contributed by atoms with E-state index in [1.54, 1.807) is 6.42 Å². The predicted octanol–water partition coefficient (Wildman–Crippen LogP) is 1.07. The van der Waals surface area contributed by atoms with Crippen LogP contribution in [0.1, 0.15) is 16.1 Å². The van der Waals surface area contributed by atoms with E-state index in [4.69, 9.17) is 10.8 Å². The summed E-state index contributed by atoms with van der Waals surface area (Å²) in [4.78, 5) is 15.6. The molecule has 0 atom stereocenters. The fourth-order valence-electron chi connectivity index (χ4n) is 1.75. The lowest BCUT2D eigenvalue weighted by Gasteiger charge is -2.07. The number of aliphatic hydroxyl groups excluding tert-OH is 1. The number of amides is 1. The Kier molecular flexibility index (Phi) is 3.35. The van der Waals surface area contributed by atoms with Crippen LogP contribution in [0.25, 0.3) is 10.9 Å². The molecule has 2 rings (SSSR count). The zero-order valence-corrected chi connectivity index (χ0v) is 9.26. The maximum atomic E-state index is 11.3. The van der Waals surface area contributed by atoms with Gasteiger partial charge in [0.05, 0.1) is 5.52 Å². The largest absolute Gasteiger partial charge is 0.396 e. The minimum Gasteiger partial charge on any atom is -0.396 e. The monoisotopic (exact) mass is 229 g/mol. The Balaban J connectivity index is 2.54. The smallest absolute Gasteiger partial charge is 0.267 e. The highest BCUT2D eigenvalue weighted by Gasteiger charge is 2.11. The number of pyridine rings is 1. The number of primary amides is 1. The van der Waals surface area contributed by atoms with Gasteiger partial charge in [0, 0.05) is 12.0 Å². The molecule has 4 nitrogen and oxygen atoms in total. The third-order valence-electron chi connectivity index (χ3n) is 2.53. The molecule has 0 aliphatic heterocycles. The minimum absolute atomic E-state index is 0.0367. The van der Waals surface area contributed by atoms with Crippen LogP contribution < -0.4 is 5.73 Å². The summed E-state index contributed by atoms with van der Waals surface area (Å²) < 4.78 is 0. The first kappa shape index (κ1) is 11.5. The van der Waals surface area contributed by atoms with Gasteiger partial charge < -0.3 is 10.8 Å². The topological polar surface area (TPSA) is 76.2 Å². The SMILES string of the molecule is NC(=O)c1nc2ccccc2cc1C[CH]CO. The Morgan fingerprint density at radius 1 is 1.41 bits per heavy atom. The second-order valence-electron chi connectivity index (χ2n) is 3.73. The molecule has 4 heteroatoms. The third-order valence-corrected chi connectivity index (χ3v) is 2.53. The highest BCUT2D eigenvalue weighted by molar-refractivity contribution is 5.95. The fraction of sp³-hybridized carbons (Fsp3) is 0.154. The molecule has 0 bridgehead atoms. The summed E-state index contributed by atoms with van der Waals surface area (Å²) in [6, 6.07) is 9.42. The molecule has 0 aliphatic carbocycles. The van der Waals surface area contributed by atoms with Gasteiger partial charge in [-0.2, -0.15) is 0 Å². The van der Waals surface area contributed by atoms with Crippen molar-refractivity contribution in [3.8, 4) is 0 Å². The fourth-order valence-corrected chi connectivity index (χ4v) is 1.75. The van der Waals surface area contributed by atoms with Crippen LogP contribution in [0.15, 0.2) is 30.3 Å². The first-order chi connectivity index (χ1) is 8.22. The maximum Gasteiger partial charge on any atom is 0.267 e. The molecule has 1 amide bonds. The van der Waals surface area contributed by atoms with Crippen molar-refractivity contribution in [2.45, 2.75) is 6.42 Å². The van der Waals surface area contributed by atoms with Crippen LogP contribution in [-0.2, 0) is 6.42 Å². The Labute approximate surface area is 99.1 Å². The standard InChI is InChI=1S/C13H13N2O2/c14-13(17)12-10(5-3-7-16)8-9-4-1-2-6-11(9)15-12/h1-4,6,8,16H,5,7H2,(H2,14,17). The number of carbonyl (C=O) groups is 1. The molecule has 0 spiro atoms. The second kappa shape index (κ2) is 4.93. The van der Waals surface area contributed by atoms with Gasteiger partial charge >= 0.3 is 0 Å². The number of nitrogens with zero attached hydrogens (tertiary/aromatic N) is 1. The van der Waals surface area contributed by atoms with Crippen LogP contribution in [0.4, 0.5) is 0 Å². The predicted molar refractivity (Wildman–Crippen MR) is 65.4 cm³/mol. The lowest BCUT2D eigenvalue weighted by Crippen LogP contribution is -2.16. The van der Waals surface area contributed by atoms with Gasteiger partial charge in [-0.15, -0.1) is 0 Å².